The molecule has 4 aromatic rings. The van der Waals surface area contributed by atoms with Gasteiger partial charge in [0.15, 0.2) is 16.9 Å². The van der Waals surface area contributed by atoms with Crippen LogP contribution in [-0.2, 0) is 30.0 Å². The number of hydrogen-bond donors (Lipinski definition) is 1. The molecule has 1 N–H and O–H groups in total. The second-order valence-electron chi connectivity index (χ2n) is 12.7. The Hall–Kier alpha value is -4.50. The fraction of sp³-hybridized carbons (Fsp3) is 0.405. The van der Waals surface area contributed by atoms with Crippen LogP contribution < -0.4 is 29.7 Å². The van der Waals surface area contributed by atoms with Crippen LogP contribution in [0.15, 0.2) is 71.7 Å². The lowest BCUT2D eigenvalue weighted by atomic mass is 10.0. The molecule has 9 heteroatoms. The largest absolute Gasteiger partial charge is 0.497 e. The molecule has 244 valence electrons. The van der Waals surface area contributed by atoms with Gasteiger partial charge in [-0.1, -0.05) is 24.3 Å². The Morgan fingerprint density at radius 2 is 1.37 bits per heavy atom. The van der Waals surface area contributed by atoms with Crippen molar-refractivity contribution in [2.45, 2.75) is 58.8 Å². The number of amides is 1. The molecule has 46 heavy (non-hydrogen) atoms. The van der Waals surface area contributed by atoms with Crippen molar-refractivity contribution in [1.29, 1.82) is 0 Å². The van der Waals surface area contributed by atoms with Gasteiger partial charge in [0.05, 0.1) is 26.2 Å². The highest BCUT2D eigenvalue weighted by atomic mass is 16.5. The van der Waals surface area contributed by atoms with E-state index in [0.29, 0.717) is 41.1 Å². The zero-order valence-electron chi connectivity index (χ0n) is 27.6. The average molecular weight is 628 g/mol. The molecule has 9 nitrogen and oxygen atoms in total. The summed E-state index contributed by atoms with van der Waals surface area (Å²) in [5, 5.41) is 3.48. The number of fused-ring (bicyclic) bond motifs is 1. The van der Waals surface area contributed by atoms with Crippen molar-refractivity contribution >= 4 is 16.8 Å². The summed E-state index contributed by atoms with van der Waals surface area (Å²) in [5.74, 6) is 2.33. The molecule has 1 aromatic heterocycles. The summed E-state index contributed by atoms with van der Waals surface area (Å²) >= 11 is 0. The van der Waals surface area contributed by atoms with Crippen LogP contribution in [-0.4, -0.2) is 55.8 Å². The lowest BCUT2D eigenvalue weighted by Crippen LogP contribution is -2.35. The van der Waals surface area contributed by atoms with E-state index in [4.69, 9.17) is 18.9 Å². The summed E-state index contributed by atoms with van der Waals surface area (Å²) in [7, 11) is 3.26. The summed E-state index contributed by atoms with van der Waals surface area (Å²) in [4.78, 5) is 29.3. The highest BCUT2D eigenvalue weighted by molar-refractivity contribution is 5.86. The summed E-state index contributed by atoms with van der Waals surface area (Å²) < 4.78 is 25.3. The van der Waals surface area contributed by atoms with Crippen LogP contribution in [0.2, 0.25) is 0 Å². The second kappa shape index (κ2) is 14.7. The van der Waals surface area contributed by atoms with Crippen molar-refractivity contribution in [3.63, 3.8) is 0 Å². The minimum atomic E-state index is -0.383. The van der Waals surface area contributed by atoms with E-state index in [9.17, 15) is 9.59 Å². The lowest BCUT2D eigenvalue weighted by Gasteiger charge is -2.27. The minimum Gasteiger partial charge on any atom is -0.497 e. The highest BCUT2D eigenvalue weighted by Crippen LogP contribution is 2.35. The summed E-state index contributed by atoms with van der Waals surface area (Å²) in [5.41, 5.74) is 2.47. The van der Waals surface area contributed by atoms with Crippen molar-refractivity contribution in [3.05, 3.63) is 93.8 Å². The predicted molar refractivity (Wildman–Crippen MR) is 180 cm³/mol. The predicted octanol–water partition coefficient (Wildman–Crippen LogP) is 5.69. The second-order valence-corrected chi connectivity index (χ2v) is 12.7. The van der Waals surface area contributed by atoms with Crippen LogP contribution in [0.1, 0.15) is 50.3 Å². The van der Waals surface area contributed by atoms with Crippen LogP contribution in [0.5, 0.6) is 23.0 Å². The number of nitrogens with one attached hydrogen (secondary N) is 1. The van der Waals surface area contributed by atoms with Crippen LogP contribution in [0, 0.1) is 0 Å². The van der Waals surface area contributed by atoms with Gasteiger partial charge in [-0.15, -0.1) is 0 Å². The minimum absolute atomic E-state index is 0.00259. The Kier molecular flexibility index (Phi) is 10.5. The van der Waals surface area contributed by atoms with Gasteiger partial charge in [0, 0.05) is 41.8 Å². The summed E-state index contributed by atoms with van der Waals surface area (Å²) in [6.07, 6.45) is 4.23. The number of hydrogen-bond acceptors (Lipinski definition) is 7. The molecule has 1 fully saturated rings. The smallest absolute Gasteiger partial charge is 0.224 e. The molecule has 1 aliphatic rings. The Balaban J connectivity index is 1.47. The van der Waals surface area contributed by atoms with Gasteiger partial charge in [-0.2, -0.15) is 0 Å². The fourth-order valence-corrected chi connectivity index (χ4v) is 5.65. The third-order valence-corrected chi connectivity index (χ3v) is 8.27. The molecule has 0 unspecified atom stereocenters. The van der Waals surface area contributed by atoms with Gasteiger partial charge >= 0.3 is 0 Å². The maximum absolute atomic E-state index is 14.0. The number of carbonyl (C=O) groups excluding carboxylic acids is 1. The average Bonchev–Trinajstić information content (AvgIpc) is 3.57. The molecule has 1 amide bonds. The quantitative estimate of drug-likeness (QED) is 0.204. The van der Waals surface area contributed by atoms with Crippen LogP contribution in [0.25, 0.3) is 10.9 Å². The van der Waals surface area contributed by atoms with Crippen molar-refractivity contribution < 1.29 is 23.7 Å². The molecule has 0 atom stereocenters. The van der Waals surface area contributed by atoms with E-state index in [1.54, 1.807) is 20.3 Å². The number of methoxy groups -OCH3 is 2. The number of rotatable bonds is 13. The fourth-order valence-electron chi connectivity index (χ4n) is 5.65. The molecule has 1 aliphatic heterocycles. The van der Waals surface area contributed by atoms with E-state index in [1.807, 2.05) is 65.4 Å². The molecular formula is C37H45N3O6. The van der Waals surface area contributed by atoms with Gasteiger partial charge in [0.1, 0.15) is 24.7 Å². The first-order chi connectivity index (χ1) is 22.1. The van der Waals surface area contributed by atoms with Gasteiger partial charge in [-0.3, -0.25) is 9.59 Å². The summed E-state index contributed by atoms with van der Waals surface area (Å²) in [6.45, 7) is 10.3. The normalized spacial score (nSPS) is 13.5. The van der Waals surface area contributed by atoms with Gasteiger partial charge in [0.2, 0.25) is 5.91 Å². The van der Waals surface area contributed by atoms with Crippen molar-refractivity contribution in [2.24, 2.45) is 0 Å². The van der Waals surface area contributed by atoms with E-state index in [1.165, 1.54) is 12.8 Å². The molecule has 0 radical (unpaired) electrons. The standard InChI is InChI=1S/C37H45N3O6/c1-37(2,3)40-23-28(20-35(41)38-16-19-39-17-6-7-18-39)36(42)31-21-33(45-24-26-8-12-29(43-4)13-9-26)34(22-32(31)40)46-25-27-10-14-30(44-5)15-11-27/h8-15,21-23H,6-7,16-20,24-25H2,1-5H3,(H,38,41). The summed E-state index contributed by atoms with van der Waals surface area (Å²) in [6, 6.07) is 18.9. The number of nitrogens with zero attached hydrogens (tertiary/aromatic N) is 2. The maximum atomic E-state index is 14.0. The third-order valence-electron chi connectivity index (χ3n) is 8.27. The number of carbonyl (C=O) groups is 1. The molecule has 0 saturated carbocycles. The van der Waals surface area contributed by atoms with Gasteiger partial charge in [-0.05, 0) is 88.2 Å². The van der Waals surface area contributed by atoms with Crippen LogP contribution in [0.4, 0.5) is 0 Å². The SMILES string of the molecule is COc1ccc(COc2cc3c(=O)c(CC(=O)NCCN4CCCC4)cn(C(C)(C)C)c3cc2OCc2ccc(OC)cc2)cc1. The number of likely N-dealkylation sites (tertiary alicyclic amines) is 1. The number of aromatic nitrogens is 1. The Bertz CT molecular complexity index is 1680. The zero-order chi connectivity index (χ0) is 32.7. The van der Waals surface area contributed by atoms with Crippen molar-refractivity contribution in [1.82, 2.24) is 14.8 Å². The molecular weight excluding hydrogens is 582 g/mol. The maximum Gasteiger partial charge on any atom is 0.224 e. The molecule has 2 heterocycles. The molecule has 0 aliphatic carbocycles. The first kappa shape index (κ1) is 32.9. The Morgan fingerprint density at radius 1 is 0.826 bits per heavy atom. The topological polar surface area (TPSA) is 91.3 Å². The monoisotopic (exact) mass is 627 g/mol. The van der Waals surface area contributed by atoms with E-state index in [0.717, 1.165) is 42.3 Å². The molecule has 3 aromatic carbocycles. The lowest BCUT2D eigenvalue weighted by molar-refractivity contribution is -0.120. The molecule has 0 bridgehead atoms. The van der Waals surface area contributed by atoms with Gasteiger partial charge in [0.25, 0.3) is 0 Å². The van der Waals surface area contributed by atoms with E-state index in [-0.39, 0.29) is 29.9 Å². The van der Waals surface area contributed by atoms with E-state index < -0.39 is 0 Å². The highest BCUT2D eigenvalue weighted by Gasteiger charge is 2.22. The Morgan fingerprint density at radius 3 is 1.89 bits per heavy atom. The van der Waals surface area contributed by atoms with E-state index in [2.05, 4.69) is 31.0 Å². The molecule has 1 saturated heterocycles. The zero-order valence-corrected chi connectivity index (χ0v) is 27.6. The molecule has 5 rings (SSSR count). The first-order valence-electron chi connectivity index (χ1n) is 15.9. The van der Waals surface area contributed by atoms with Crippen molar-refractivity contribution in [3.8, 4) is 23.0 Å². The number of benzene rings is 3. The van der Waals surface area contributed by atoms with E-state index >= 15 is 0 Å². The Labute approximate surface area is 271 Å². The van der Waals surface area contributed by atoms with Crippen molar-refractivity contribution in [2.75, 3.05) is 40.4 Å². The number of ether oxygens (including phenoxy) is 4. The van der Waals surface area contributed by atoms with Gasteiger partial charge in [-0.25, -0.2) is 0 Å². The van der Waals surface area contributed by atoms with Gasteiger partial charge < -0.3 is 33.7 Å². The van der Waals surface area contributed by atoms with Crippen LogP contribution >= 0.6 is 0 Å². The first-order valence-corrected chi connectivity index (χ1v) is 15.9. The third kappa shape index (κ3) is 8.20. The molecule has 0 spiro atoms. The number of pyridine rings is 1. The van der Waals surface area contributed by atoms with Crippen LogP contribution in [0.3, 0.4) is 0 Å².